The molecule has 35 heavy (non-hydrogen) atoms. The zero-order valence-corrected chi connectivity index (χ0v) is 20.2. The maximum Gasteiger partial charge on any atom is 0.295 e. The molecular formula is C23H23N5O6S. The third kappa shape index (κ3) is 5.79. The number of nitro benzene ring substituents is 2. The molecule has 0 aliphatic heterocycles. The molecule has 0 atom stereocenters. The lowest BCUT2D eigenvalue weighted by atomic mass is 10.1. The fraction of sp³-hybridized carbons (Fsp3) is 0.174. The molecule has 11 nitrogen and oxygen atoms in total. The molecule has 0 aliphatic rings. The van der Waals surface area contributed by atoms with Crippen molar-refractivity contribution < 1.29 is 18.3 Å². The Kier molecular flexibility index (Phi) is 7.15. The van der Waals surface area contributed by atoms with Gasteiger partial charge in [-0.25, -0.2) is 8.42 Å². The zero-order valence-electron chi connectivity index (χ0n) is 19.4. The molecule has 0 heterocycles. The van der Waals surface area contributed by atoms with Crippen LogP contribution in [0.1, 0.15) is 29.2 Å². The smallest absolute Gasteiger partial charge is 0.279 e. The van der Waals surface area contributed by atoms with Gasteiger partial charge < -0.3 is 0 Å². The summed E-state index contributed by atoms with van der Waals surface area (Å²) in [6, 6.07) is 13.2. The summed E-state index contributed by atoms with van der Waals surface area (Å²) < 4.78 is 28.2. The number of nitrogens with one attached hydrogen (secondary N) is 2. The second kappa shape index (κ2) is 9.89. The van der Waals surface area contributed by atoms with Crippen LogP contribution in [0.5, 0.6) is 0 Å². The van der Waals surface area contributed by atoms with Gasteiger partial charge in [-0.15, -0.1) is 0 Å². The van der Waals surface area contributed by atoms with Gasteiger partial charge in [-0.05, 0) is 51.5 Å². The first kappa shape index (κ1) is 25.3. The van der Waals surface area contributed by atoms with Gasteiger partial charge in [0.1, 0.15) is 5.69 Å². The summed E-state index contributed by atoms with van der Waals surface area (Å²) in [5.41, 5.74) is 5.27. The van der Waals surface area contributed by atoms with Gasteiger partial charge in [0.15, 0.2) is 0 Å². The normalized spacial score (nSPS) is 11.7. The molecule has 0 saturated heterocycles. The van der Waals surface area contributed by atoms with E-state index in [1.165, 1.54) is 18.2 Å². The highest BCUT2D eigenvalue weighted by atomic mass is 32.2. The molecule has 0 fully saturated rings. The highest BCUT2D eigenvalue weighted by Gasteiger charge is 2.22. The molecule has 0 spiro atoms. The highest BCUT2D eigenvalue weighted by Crippen LogP contribution is 2.29. The van der Waals surface area contributed by atoms with Gasteiger partial charge in [0.05, 0.1) is 26.1 Å². The Morgan fingerprint density at radius 2 is 1.49 bits per heavy atom. The van der Waals surface area contributed by atoms with E-state index in [2.05, 4.69) is 15.2 Å². The molecule has 0 radical (unpaired) electrons. The van der Waals surface area contributed by atoms with E-state index >= 15 is 0 Å². The Hall–Kier alpha value is -4.32. The zero-order chi connectivity index (χ0) is 25.9. The van der Waals surface area contributed by atoms with Crippen molar-refractivity contribution in [1.82, 2.24) is 0 Å². The summed E-state index contributed by atoms with van der Waals surface area (Å²) in [5, 5.41) is 26.9. The molecule has 0 amide bonds. The third-order valence-corrected chi connectivity index (χ3v) is 6.63. The summed E-state index contributed by atoms with van der Waals surface area (Å²) in [4.78, 5) is 21.3. The molecule has 0 aromatic heterocycles. The average Bonchev–Trinajstić information content (AvgIpc) is 2.79. The van der Waals surface area contributed by atoms with Crippen LogP contribution in [0.4, 0.5) is 22.7 Å². The Labute approximate surface area is 201 Å². The van der Waals surface area contributed by atoms with Crippen LogP contribution in [0, 0.1) is 41.0 Å². The number of nitrogens with zero attached hydrogens (tertiary/aromatic N) is 3. The van der Waals surface area contributed by atoms with Crippen molar-refractivity contribution in [2.75, 3.05) is 10.1 Å². The summed E-state index contributed by atoms with van der Waals surface area (Å²) in [7, 11) is -4.09. The minimum absolute atomic E-state index is 0.0403. The van der Waals surface area contributed by atoms with E-state index < -0.39 is 25.6 Å². The molecule has 182 valence electrons. The first-order valence-corrected chi connectivity index (χ1v) is 11.8. The number of rotatable bonds is 8. The Bertz CT molecular complexity index is 1470. The van der Waals surface area contributed by atoms with Crippen molar-refractivity contribution >= 4 is 38.5 Å². The summed E-state index contributed by atoms with van der Waals surface area (Å²) >= 11 is 0. The maximum atomic E-state index is 12.9. The molecule has 0 saturated carbocycles. The first-order chi connectivity index (χ1) is 16.4. The summed E-state index contributed by atoms with van der Waals surface area (Å²) in [6.45, 7) is 6.83. The van der Waals surface area contributed by atoms with Crippen molar-refractivity contribution in [3.63, 3.8) is 0 Å². The van der Waals surface area contributed by atoms with E-state index in [0.717, 1.165) is 11.6 Å². The maximum absolute atomic E-state index is 12.9. The van der Waals surface area contributed by atoms with Gasteiger partial charge in [-0.2, -0.15) is 5.10 Å². The number of hydrogen-bond donors (Lipinski definition) is 2. The van der Waals surface area contributed by atoms with Gasteiger partial charge in [-0.1, -0.05) is 29.8 Å². The number of sulfonamides is 1. The fourth-order valence-corrected chi connectivity index (χ4v) is 4.45. The molecule has 0 unspecified atom stereocenters. The topological polar surface area (TPSA) is 157 Å². The number of benzene rings is 3. The van der Waals surface area contributed by atoms with Gasteiger partial charge in [-0.3, -0.25) is 30.4 Å². The van der Waals surface area contributed by atoms with Crippen LogP contribution in [-0.4, -0.2) is 24.0 Å². The lowest BCUT2D eigenvalue weighted by Gasteiger charge is -2.12. The van der Waals surface area contributed by atoms with Crippen molar-refractivity contribution in [2.24, 2.45) is 5.10 Å². The SMILES string of the molecule is CC(=NNc1ccc(S(=O)(=O)Nc2ccc(C)cc2C)cc1[N+](=O)[O-])c1ccc(C)c([N+](=O)[O-])c1. The van der Waals surface area contributed by atoms with E-state index in [9.17, 15) is 28.6 Å². The largest absolute Gasteiger partial charge is 0.295 e. The van der Waals surface area contributed by atoms with Crippen LogP contribution in [0.2, 0.25) is 0 Å². The second-order valence-corrected chi connectivity index (χ2v) is 9.61. The lowest BCUT2D eigenvalue weighted by Crippen LogP contribution is -2.14. The van der Waals surface area contributed by atoms with Crippen LogP contribution in [0.3, 0.4) is 0 Å². The van der Waals surface area contributed by atoms with Gasteiger partial charge >= 0.3 is 0 Å². The van der Waals surface area contributed by atoms with Crippen LogP contribution in [-0.2, 0) is 10.0 Å². The second-order valence-electron chi connectivity index (χ2n) is 7.93. The number of nitro groups is 2. The molecule has 0 bridgehead atoms. The van der Waals surface area contributed by atoms with Crippen molar-refractivity contribution in [3.05, 3.63) is 97.1 Å². The molecule has 12 heteroatoms. The average molecular weight is 498 g/mol. The molecular weight excluding hydrogens is 474 g/mol. The van der Waals surface area contributed by atoms with Crippen molar-refractivity contribution in [3.8, 4) is 0 Å². The third-order valence-electron chi connectivity index (χ3n) is 5.27. The Balaban J connectivity index is 1.90. The van der Waals surface area contributed by atoms with Crippen LogP contribution < -0.4 is 10.1 Å². The van der Waals surface area contributed by atoms with E-state index in [-0.39, 0.29) is 16.3 Å². The molecule has 3 aromatic carbocycles. The monoisotopic (exact) mass is 497 g/mol. The van der Waals surface area contributed by atoms with E-state index in [4.69, 9.17) is 0 Å². The number of hydrazone groups is 1. The summed E-state index contributed by atoms with van der Waals surface area (Å²) in [6.07, 6.45) is 0. The molecule has 0 aliphatic carbocycles. The molecule has 3 rings (SSSR count). The quantitative estimate of drug-likeness (QED) is 0.250. The van der Waals surface area contributed by atoms with Gasteiger partial charge in [0, 0.05) is 23.3 Å². The van der Waals surface area contributed by atoms with Gasteiger partial charge in [0.2, 0.25) is 0 Å². The number of hydrogen-bond acceptors (Lipinski definition) is 8. The lowest BCUT2D eigenvalue weighted by molar-refractivity contribution is -0.385. The predicted molar refractivity (Wildman–Crippen MR) is 133 cm³/mol. The van der Waals surface area contributed by atoms with Crippen molar-refractivity contribution in [2.45, 2.75) is 32.6 Å². The van der Waals surface area contributed by atoms with Crippen LogP contribution >= 0.6 is 0 Å². The minimum atomic E-state index is -4.09. The standard InChI is InChI=1S/C23H23N5O6S/c1-14-5-9-20(16(3)11-14)26-35(33,34)19-8-10-21(23(13-19)28(31)32)25-24-17(4)18-7-6-15(2)22(12-18)27(29)30/h5-13,25-26H,1-4H3. The highest BCUT2D eigenvalue weighted by molar-refractivity contribution is 7.92. The molecule has 2 N–H and O–H groups in total. The van der Waals surface area contributed by atoms with E-state index in [1.807, 2.05) is 13.0 Å². The van der Waals surface area contributed by atoms with E-state index in [0.29, 0.717) is 28.1 Å². The Morgan fingerprint density at radius 1 is 0.829 bits per heavy atom. The predicted octanol–water partition coefficient (Wildman–Crippen LogP) is 5.07. The number of anilines is 2. The van der Waals surface area contributed by atoms with Crippen molar-refractivity contribution in [1.29, 1.82) is 0 Å². The van der Waals surface area contributed by atoms with Crippen LogP contribution in [0.25, 0.3) is 0 Å². The van der Waals surface area contributed by atoms with Gasteiger partial charge in [0.25, 0.3) is 21.4 Å². The summed E-state index contributed by atoms with van der Waals surface area (Å²) in [5.74, 6) is 0. The Morgan fingerprint density at radius 3 is 2.11 bits per heavy atom. The van der Waals surface area contributed by atoms with Crippen LogP contribution in [0.15, 0.2) is 64.6 Å². The first-order valence-electron chi connectivity index (χ1n) is 10.3. The minimum Gasteiger partial charge on any atom is -0.279 e. The molecule has 3 aromatic rings. The fourth-order valence-electron chi connectivity index (χ4n) is 3.30. The number of aryl methyl sites for hydroxylation is 3. The van der Waals surface area contributed by atoms with E-state index in [1.54, 1.807) is 45.0 Å².